The molecule has 0 unspecified atom stereocenters. The standard InChI is InChI=1S/C21H26N2O2.ClH/c1-16-14-18(25-15-17-8-4-2-5-9-17)10-11-19(16)23-20(24)21(22)12-6-3-7-13-21;/h2,4-5,8-11,14H,3,6-7,12-13,15,22H2,1H3,(H,23,24);1H. The Morgan fingerprint density at radius 1 is 1.12 bits per heavy atom. The summed E-state index contributed by atoms with van der Waals surface area (Å²) in [6.07, 6.45) is 4.73. The fourth-order valence-electron chi connectivity index (χ4n) is 3.26. The first-order chi connectivity index (χ1) is 12.1. The van der Waals surface area contributed by atoms with Gasteiger partial charge in [-0.25, -0.2) is 0 Å². The van der Waals surface area contributed by atoms with Crippen LogP contribution in [0.15, 0.2) is 48.5 Å². The average Bonchev–Trinajstić information content (AvgIpc) is 2.63. The number of halogens is 1. The van der Waals surface area contributed by atoms with Crippen molar-refractivity contribution in [3.8, 4) is 5.75 Å². The number of hydrogen-bond donors (Lipinski definition) is 2. The molecule has 4 nitrogen and oxygen atoms in total. The number of nitrogens with one attached hydrogen (secondary N) is 1. The molecule has 140 valence electrons. The van der Waals surface area contributed by atoms with Gasteiger partial charge < -0.3 is 15.8 Å². The number of anilines is 1. The first kappa shape index (κ1) is 20.3. The minimum absolute atomic E-state index is 0. The highest BCUT2D eigenvalue weighted by Gasteiger charge is 2.35. The molecule has 1 amide bonds. The lowest BCUT2D eigenvalue weighted by Crippen LogP contribution is -2.52. The Hall–Kier alpha value is -2.04. The number of ether oxygens (including phenoxy) is 1. The van der Waals surface area contributed by atoms with E-state index in [1.807, 2.05) is 55.5 Å². The summed E-state index contributed by atoms with van der Waals surface area (Å²) in [7, 11) is 0. The van der Waals surface area contributed by atoms with Gasteiger partial charge >= 0.3 is 0 Å². The first-order valence-corrected chi connectivity index (χ1v) is 8.94. The molecular formula is C21H27ClN2O2. The van der Waals surface area contributed by atoms with Crippen LogP contribution in [0.2, 0.25) is 0 Å². The van der Waals surface area contributed by atoms with Crippen LogP contribution in [0.5, 0.6) is 5.75 Å². The molecule has 1 aliphatic rings. The van der Waals surface area contributed by atoms with Crippen LogP contribution in [-0.2, 0) is 11.4 Å². The highest BCUT2D eigenvalue weighted by atomic mass is 35.5. The van der Waals surface area contributed by atoms with E-state index in [1.165, 1.54) is 6.42 Å². The Morgan fingerprint density at radius 2 is 1.81 bits per heavy atom. The second-order valence-electron chi connectivity index (χ2n) is 6.92. The van der Waals surface area contributed by atoms with Crippen molar-refractivity contribution < 1.29 is 9.53 Å². The van der Waals surface area contributed by atoms with Gasteiger partial charge in [-0.05, 0) is 49.1 Å². The SMILES string of the molecule is Cc1cc(OCc2ccccc2)ccc1NC(=O)C1(N)CCCCC1.Cl. The van der Waals surface area contributed by atoms with Gasteiger partial charge in [0.05, 0.1) is 5.54 Å². The molecule has 1 aliphatic carbocycles. The maximum Gasteiger partial charge on any atom is 0.244 e. The van der Waals surface area contributed by atoms with Gasteiger partial charge in [0.1, 0.15) is 12.4 Å². The topological polar surface area (TPSA) is 64.3 Å². The number of rotatable bonds is 5. The number of amides is 1. The lowest BCUT2D eigenvalue weighted by molar-refractivity contribution is -0.122. The number of benzene rings is 2. The second kappa shape index (κ2) is 9.06. The largest absolute Gasteiger partial charge is 0.489 e. The maximum absolute atomic E-state index is 12.6. The van der Waals surface area contributed by atoms with Gasteiger partial charge in [0.25, 0.3) is 0 Å². The monoisotopic (exact) mass is 374 g/mol. The normalized spacial score (nSPS) is 15.6. The fraction of sp³-hybridized carbons (Fsp3) is 0.381. The first-order valence-electron chi connectivity index (χ1n) is 8.94. The minimum Gasteiger partial charge on any atom is -0.489 e. The third-order valence-corrected chi connectivity index (χ3v) is 4.89. The van der Waals surface area contributed by atoms with Crippen molar-refractivity contribution in [1.82, 2.24) is 0 Å². The molecule has 0 aromatic heterocycles. The van der Waals surface area contributed by atoms with Crippen LogP contribution in [-0.4, -0.2) is 11.4 Å². The summed E-state index contributed by atoms with van der Waals surface area (Å²) >= 11 is 0. The van der Waals surface area contributed by atoms with Crippen LogP contribution in [0.3, 0.4) is 0 Å². The highest BCUT2D eigenvalue weighted by Crippen LogP contribution is 2.28. The van der Waals surface area contributed by atoms with Gasteiger partial charge in [-0.1, -0.05) is 49.6 Å². The number of aryl methyl sites for hydroxylation is 1. The molecule has 0 radical (unpaired) electrons. The summed E-state index contributed by atoms with van der Waals surface area (Å²) in [6, 6.07) is 15.8. The van der Waals surface area contributed by atoms with Crippen molar-refractivity contribution in [3.63, 3.8) is 0 Å². The van der Waals surface area contributed by atoms with Crippen molar-refractivity contribution in [2.45, 2.75) is 51.2 Å². The third kappa shape index (κ3) is 4.99. The van der Waals surface area contributed by atoms with Crippen LogP contribution >= 0.6 is 12.4 Å². The zero-order valence-electron chi connectivity index (χ0n) is 15.2. The summed E-state index contributed by atoms with van der Waals surface area (Å²) in [4.78, 5) is 12.6. The van der Waals surface area contributed by atoms with Gasteiger partial charge in [0.15, 0.2) is 0 Å². The summed E-state index contributed by atoms with van der Waals surface area (Å²) in [6.45, 7) is 2.49. The molecule has 3 rings (SSSR count). The van der Waals surface area contributed by atoms with Gasteiger partial charge in [0, 0.05) is 5.69 Å². The van der Waals surface area contributed by atoms with E-state index >= 15 is 0 Å². The summed E-state index contributed by atoms with van der Waals surface area (Å²) in [5.74, 6) is 0.715. The smallest absolute Gasteiger partial charge is 0.244 e. The van der Waals surface area contributed by atoms with E-state index in [1.54, 1.807) is 0 Å². The van der Waals surface area contributed by atoms with Crippen molar-refractivity contribution in [3.05, 3.63) is 59.7 Å². The van der Waals surface area contributed by atoms with E-state index in [4.69, 9.17) is 10.5 Å². The molecule has 0 saturated heterocycles. The average molecular weight is 375 g/mol. The van der Waals surface area contributed by atoms with E-state index in [9.17, 15) is 4.79 Å². The van der Waals surface area contributed by atoms with Crippen molar-refractivity contribution >= 4 is 24.0 Å². The fourth-order valence-corrected chi connectivity index (χ4v) is 3.26. The predicted octanol–water partition coefficient (Wildman–Crippen LogP) is 4.60. The Balaban J connectivity index is 0.00000243. The Bertz CT molecular complexity index is 728. The van der Waals surface area contributed by atoms with Crippen molar-refractivity contribution in [2.75, 3.05) is 5.32 Å². The Morgan fingerprint density at radius 3 is 2.46 bits per heavy atom. The van der Waals surface area contributed by atoms with Crippen LogP contribution < -0.4 is 15.8 Å². The summed E-state index contributed by atoms with van der Waals surface area (Å²) < 4.78 is 5.83. The second-order valence-corrected chi connectivity index (χ2v) is 6.92. The molecule has 0 heterocycles. The van der Waals surface area contributed by atoms with Crippen LogP contribution in [0.25, 0.3) is 0 Å². The lowest BCUT2D eigenvalue weighted by atomic mass is 9.82. The molecule has 2 aromatic carbocycles. The molecule has 0 spiro atoms. The van der Waals surface area contributed by atoms with Gasteiger partial charge in [-0.15, -0.1) is 12.4 Å². The molecule has 1 saturated carbocycles. The lowest BCUT2D eigenvalue weighted by Gasteiger charge is -2.32. The quantitative estimate of drug-likeness (QED) is 0.804. The maximum atomic E-state index is 12.6. The Kier molecular flexibility index (Phi) is 7.06. The molecular weight excluding hydrogens is 348 g/mol. The van der Waals surface area contributed by atoms with Crippen LogP contribution in [0.1, 0.15) is 43.2 Å². The third-order valence-electron chi connectivity index (χ3n) is 4.89. The van der Waals surface area contributed by atoms with Crippen LogP contribution in [0, 0.1) is 6.92 Å². The van der Waals surface area contributed by atoms with E-state index in [0.717, 1.165) is 48.2 Å². The van der Waals surface area contributed by atoms with Crippen molar-refractivity contribution in [1.29, 1.82) is 0 Å². The van der Waals surface area contributed by atoms with Gasteiger partial charge in [-0.3, -0.25) is 4.79 Å². The molecule has 0 bridgehead atoms. The summed E-state index contributed by atoms with van der Waals surface area (Å²) in [5.41, 5.74) is 8.47. The van der Waals surface area contributed by atoms with E-state index in [-0.39, 0.29) is 18.3 Å². The molecule has 0 atom stereocenters. The van der Waals surface area contributed by atoms with E-state index < -0.39 is 5.54 Å². The van der Waals surface area contributed by atoms with E-state index in [2.05, 4.69) is 5.32 Å². The van der Waals surface area contributed by atoms with Gasteiger partial charge in [-0.2, -0.15) is 0 Å². The van der Waals surface area contributed by atoms with Crippen molar-refractivity contribution in [2.24, 2.45) is 5.73 Å². The zero-order valence-corrected chi connectivity index (χ0v) is 16.0. The van der Waals surface area contributed by atoms with E-state index in [0.29, 0.717) is 6.61 Å². The predicted molar refractivity (Wildman–Crippen MR) is 108 cm³/mol. The zero-order chi connectivity index (χ0) is 17.7. The number of carbonyl (C=O) groups is 1. The molecule has 26 heavy (non-hydrogen) atoms. The number of nitrogens with two attached hydrogens (primary N) is 1. The molecule has 2 aromatic rings. The molecule has 5 heteroatoms. The van der Waals surface area contributed by atoms with Crippen LogP contribution in [0.4, 0.5) is 5.69 Å². The number of carbonyl (C=O) groups excluding carboxylic acids is 1. The van der Waals surface area contributed by atoms with Gasteiger partial charge in [0.2, 0.25) is 5.91 Å². The minimum atomic E-state index is -0.729. The number of hydrogen-bond acceptors (Lipinski definition) is 3. The molecule has 0 aliphatic heterocycles. The Labute approximate surface area is 161 Å². The highest BCUT2D eigenvalue weighted by molar-refractivity contribution is 5.98. The molecule has 1 fully saturated rings. The molecule has 3 N–H and O–H groups in total. The summed E-state index contributed by atoms with van der Waals surface area (Å²) in [5, 5.41) is 3.00.